The summed E-state index contributed by atoms with van der Waals surface area (Å²) in [5.41, 5.74) is 1.21. The van der Waals surface area contributed by atoms with Gasteiger partial charge in [0.25, 0.3) is 0 Å². The van der Waals surface area contributed by atoms with E-state index in [0.717, 1.165) is 37.2 Å². The van der Waals surface area contributed by atoms with E-state index in [2.05, 4.69) is 5.16 Å². The van der Waals surface area contributed by atoms with Crippen LogP contribution >= 0.6 is 0 Å². The zero-order valence-electron chi connectivity index (χ0n) is 18.5. The minimum Gasteiger partial charge on any atom is -0.497 e. The smallest absolute Gasteiger partial charge is 0.248 e. The number of sulfonamides is 1. The van der Waals surface area contributed by atoms with Crippen molar-refractivity contribution in [2.24, 2.45) is 5.92 Å². The third-order valence-corrected chi connectivity index (χ3v) is 8.25. The monoisotopic (exact) mass is 459 g/mol. The van der Waals surface area contributed by atoms with Crippen molar-refractivity contribution in [2.75, 3.05) is 33.3 Å². The lowest BCUT2D eigenvalue weighted by Crippen LogP contribution is -2.43. The number of ether oxygens (including phenoxy) is 1. The van der Waals surface area contributed by atoms with Crippen molar-refractivity contribution in [3.05, 3.63) is 41.3 Å². The van der Waals surface area contributed by atoms with Crippen LogP contribution in [0.2, 0.25) is 0 Å². The lowest BCUT2D eigenvalue weighted by molar-refractivity contribution is -0.135. The molecule has 9 heteroatoms. The van der Waals surface area contributed by atoms with E-state index in [-0.39, 0.29) is 22.5 Å². The Balaban J connectivity index is 1.47. The summed E-state index contributed by atoms with van der Waals surface area (Å²) < 4.78 is 38.7. The molecular formula is C23H29N3O5S. The van der Waals surface area contributed by atoms with E-state index >= 15 is 0 Å². The Morgan fingerprint density at radius 3 is 2.38 bits per heavy atom. The summed E-state index contributed by atoms with van der Waals surface area (Å²) in [5.74, 6) is 1.02. The molecule has 0 N–H and O–H groups in total. The molecule has 2 aliphatic heterocycles. The van der Waals surface area contributed by atoms with Gasteiger partial charge in [-0.15, -0.1) is 0 Å². The Labute approximate surface area is 188 Å². The summed E-state index contributed by atoms with van der Waals surface area (Å²) in [5, 5.41) is 3.90. The van der Waals surface area contributed by atoms with Gasteiger partial charge in [0, 0.05) is 32.1 Å². The molecule has 0 spiro atoms. The minimum absolute atomic E-state index is 0.0894. The first-order valence-electron chi connectivity index (χ1n) is 11.0. The van der Waals surface area contributed by atoms with Crippen LogP contribution in [0.4, 0.5) is 0 Å². The number of aromatic nitrogens is 1. The van der Waals surface area contributed by atoms with Crippen molar-refractivity contribution in [2.45, 2.75) is 37.5 Å². The topological polar surface area (TPSA) is 93.0 Å². The Hall–Kier alpha value is -2.65. The van der Waals surface area contributed by atoms with Crippen LogP contribution in [0, 0.1) is 12.8 Å². The molecule has 2 aromatic rings. The van der Waals surface area contributed by atoms with Crippen molar-refractivity contribution in [3.8, 4) is 5.75 Å². The highest BCUT2D eigenvalue weighted by Gasteiger charge is 2.37. The van der Waals surface area contributed by atoms with Crippen molar-refractivity contribution in [1.29, 1.82) is 0 Å². The predicted octanol–water partition coefficient (Wildman–Crippen LogP) is 3.19. The highest BCUT2D eigenvalue weighted by molar-refractivity contribution is 7.89. The molecule has 0 radical (unpaired) electrons. The standard InChI is InChI=1S/C23H29N3O5S/c1-17-22(21(31-24-17)10-7-18-5-8-20(30-2)9-6-18)32(28,29)26-15-11-19(12-16-26)23(27)25-13-3-4-14-25/h5-10,19H,3-4,11-16H2,1-2H3. The third-order valence-electron chi connectivity index (χ3n) is 6.20. The second-order valence-corrected chi connectivity index (χ2v) is 10.2. The van der Waals surface area contributed by atoms with Gasteiger partial charge >= 0.3 is 0 Å². The summed E-state index contributed by atoms with van der Waals surface area (Å²) in [6, 6.07) is 7.40. The van der Waals surface area contributed by atoms with Crippen LogP contribution in [0.1, 0.15) is 42.7 Å². The van der Waals surface area contributed by atoms with E-state index in [9.17, 15) is 13.2 Å². The number of benzene rings is 1. The number of methoxy groups -OCH3 is 1. The van der Waals surface area contributed by atoms with Gasteiger partial charge in [-0.25, -0.2) is 8.42 Å². The number of aryl methyl sites for hydroxylation is 1. The Morgan fingerprint density at radius 1 is 1.09 bits per heavy atom. The van der Waals surface area contributed by atoms with Crippen LogP contribution in [0.3, 0.4) is 0 Å². The number of likely N-dealkylation sites (tertiary alicyclic amines) is 1. The van der Waals surface area contributed by atoms with Gasteiger partial charge in [0.2, 0.25) is 15.9 Å². The highest BCUT2D eigenvalue weighted by atomic mass is 32.2. The number of nitrogens with zero attached hydrogens (tertiary/aromatic N) is 3. The van der Waals surface area contributed by atoms with Gasteiger partial charge in [0.05, 0.1) is 7.11 Å². The summed E-state index contributed by atoms with van der Waals surface area (Å²) >= 11 is 0. The SMILES string of the molecule is COc1ccc(C=Cc2onc(C)c2S(=O)(=O)N2CCC(C(=O)N3CCCC3)CC2)cc1. The molecule has 0 aliphatic carbocycles. The van der Waals surface area contributed by atoms with Crippen molar-refractivity contribution in [1.82, 2.24) is 14.4 Å². The molecule has 0 unspecified atom stereocenters. The van der Waals surface area contributed by atoms with Gasteiger partial charge in [0.1, 0.15) is 11.4 Å². The van der Waals surface area contributed by atoms with Gasteiger partial charge in [-0.1, -0.05) is 23.4 Å². The van der Waals surface area contributed by atoms with E-state index < -0.39 is 10.0 Å². The number of piperidine rings is 1. The molecule has 0 atom stereocenters. The number of carbonyl (C=O) groups is 1. The maximum absolute atomic E-state index is 13.4. The maximum atomic E-state index is 13.4. The van der Waals surface area contributed by atoms with Gasteiger partial charge < -0.3 is 14.2 Å². The first-order valence-corrected chi connectivity index (χ1v) is 12.4. The predicted molar refractivity (Wildman–Crippen MR) is 120 cm³/mol. The molecule has 1 aromatic heterocycles. The van der Waals surface area contributed by atoms with Crippen LogP contribution in [-0.2, 0) is 14.8 Å². The van der Waals surface area contributed by atoms with Crippen molar-refractivity contribution >= 4 is 28.1 Å². The fourth-order valence-electron chi connectivity index (χ4n) is 4.35. The van der Waals surface area contributed by atoms with Crippen LogP contribution in [0.15, 0.2) is 33.7 Å². The zero-order valence-corrected chi connectivity index (χ0v) is 19.3. The van der Waals surface area contributed by atoms with E-state index in [4.69, 9.17) is 9.26 Å². The summed E-state index contributed by atoms with van der Waals surface area (Å²) in [6.07, 6.45) is 6.58. The summed E-state index contributed by atoms with van der Waals surface area (Å²) in [7, 11) is -2.18. The van der Waals surface area contributed by atoms with Gasteiger partial charge in [-0.05, 0) is 56.4 Å². The minimum atomic E-state index is -3.78. The Bertz CT molecular complexity index is 1080. The molecule has 3 heterocycles. The summed E-state index contributed by atoms with van der Waals surface area (Å²) in [6.45, 7) is 3.91. The van der Waals surface area contributed by atoms with E-state index in [1.165, 1.54) is 4.31 Å². The number of amides is 1. The van der Waals surface area contributed by atoms with E-state index in [1.807, 2.05) is 29.2 Å². The first kappa shape index (κ1) is 22.5. The molecule has 4 rings (SSSR count). The number of hydrogen-bond donors (Lipinski definition) is 0. The molecule has 1 aromatic carbocycles. The number of carbonyl (C=O) groups excluding carboxylic acids is 1. The molecule has 8 nitrogen and oxygen atoms in total. The highest BCUT2D eigenvalue weighted by Crippen LogP contribution is 2.30. The number of hydrogen-bond acceptors (Lipinski definition) is 6. The van der Waals surface area contributed by atoms with Crippen molar-refractivity contribution < 1.29 is 22.5 Å². The lowest BCUT2D eigenvalue weighted by atomic mass is 9.97. The molecule has 2 fully saturated rings. The van der Waals surface area contributed by atoms with Crippen molar-refractivity contribution in [3.63, 3.8) is 0 Å². The normalized spacial score (nSPS) is 18.5. The molecule has 1 amide bonds. The van der Waals surface area contributed by atoms with Gasteiger partial charge in [0.15, 0.2) is 10.7 Å². The maximum Gasteiger partial charge on any atom is 0.248 e. The van der Waals surface area contributed by atoms with Crippen LogP contribution in [-0.4, -0.2) is 62.0 Å². The molecular weight excluding hydrogens is 430 g/mol. The molecule has 2 aliphatic rings. The second-order valence-electron chi connectivity index (χ2n) is 8.28. The van der Waals surface area contributed by atoms with Crippen LogP contribution < -0.4 is 4.74 Å². The van der Waals surface area contributed by atoms with Gasteiger partial charge in [-0.3, -0.25) is 4.79 Å². The Kier molecular flexibility index (Phi) is 6.66. The average molecular weight is 460 g/mol. The van der Waals surface area contributed by atoms with E-state index in [0.29, 0.717) is 31.6 Å². The molecule has 0 bridgehead atoms. The number of rotatable bonds is 6. The summed E-state index contributed by atoms with van der Waals surface area (Å²) in [4.78, 5) is 14.7. The lowest BCUT2D eigenvalue weighted by Gasteiger charge is -2.32. The zero-order chi connectivity index (χ0) is 22.7. The second kappa shape index (κ2) is 9.46. The average Bonchev–Trinajstić information content (AvgIpc) is 3.48. The van der Waals surface area contributed by atoms with Crippen LogP contribution in [0.25, 0.3) is 12.2 Å². The fraction of sp³-hybridized carbons (Fsp3) is 0.478. The van der Waals surface area contributed by atoms with Gasteiger partial charge in [-0.2, -0.15) is 4.31 Å². The molecule has 2 saturated heterocycles. The molecule has 172 valence electrons. The third kappa shape index (κ3) is 4.59. The fourth-order valence-corrected chi connectivity index (χ4v) is 6.07. The first-order chi connectivity index (χ1) is 15.4. The molecule has 0 saturated carbocycles. The largest absolute Gasteiger partial charge is 0.497 e. The van der Waals surface area contributed by atoms with Crippen LogP contribution in [0.5, 0.6) is 5.75 Å². The quantitative estimate of drug-likeness (QED) is 0.659. The molecule has 32 heavy (non-hydrogen) atoms. The van der Waals surface area contributed by atoms with E-state index in [1.54, 1.807) is 26.2 Å². The Morgan fingerprint density at radius 2 is 1.75 bits per heavy atom.